The quantitative estimate of drug-likeness (QED) is 0.128. The lowest BCUT2D eigenvalue weighted by molar-refractivity contribution is -0.142. The number of rotatable bonds is 16. The number of nitrogens with zero attached hydrogens (tertiary/aromatic N) is 2. The van der Waals surface area contributed by atoms with E-state index in [0.717, 1.165) is 5.56 Å². The number of hydrogen-bond donors (Lipinski definition) is 6. The summed E-state index contributed by atoms with van der Waals surface area (Å²) in [5, 5.41) is 20.5. The monoisotopic (exact) mass is 581 g/mol. The molecule has 0 aliphatic heterocycles. The summed E-state index contributed by atoms with van der Waals surface area (Å²) in [7, 11) is 0. The molecule has 0 aliphatic carbocycles. The van der Waals surface area contributed by atoms with Crippen molar-refractivity contribution in [2.75, 3.05) is 6.54 Å². The Morgan fingerprint density at radius 2 is 1.55 bits per heavy atom. The zero-order chi connectivity index (χ0) is 31.1. The zero-order valence-electron chi connectivity index (χ0n) is 24.7. The van der Waals surface area contributed by atoms with Gasteiger partial charge in [-0.25, -0.2) is 14.8 Å². The first-order chi connectivity index (χ1) is 19.9. The van der Waals surface area contributed by atoms with Gasteiger partial charge in [0.05, 0.1) is 12.2 Å². The van der Waals surface area contributed by atoms with Crippen molar-refractivity contribution in [1.82, 2.24) is 26.3 Å². The van der Waals surface area contributed by atoms with Crippen molar-refractivity contribution in [2.45, 2.75) is 72.1 Å². The second kappa shape index (κ2) is 17.4. The van der Waals surface area contributed by atoms with Gasteiger partial charge in [-0.05, 0) is 42.4 Å². The van der Waals surface area contributed by atoms with E-state index in [0.29, 0.717) is 25.2 Å². The fraction of sp³-hybridized carbons (Fsp3) is 0.467. The van der Waals surface area contributed by atoms with Crippen molar-refractivity contribution in [1.29, 1.82) is 0 Å². The van der Waals surface area contributed by atoms with Crippen LogP contribution in [0, 0.1) is 11.8 Å². The third-order valence-corrected chi connectivity index (χ3v) is 6.09. The van der Waals surface area contributed by atoms with Crippen LogP contribution in [0.4, 0.5) is 0 Å². The maximum Gasteiger partial charge on any atom is 0.326 e. The molecule has 12 heteroatoms. The van der Waals surface area contributed by atoms with Gasteiger partial charge >= 0.3 is 5.97 Å². The molecule has 2 rings (SSSR count). The molecule has 228 valence electrons. The van der Waals surface area contributed by atoms with Gasteiger partial charge in [-0.2, -0.15) is 0 Å². The van der Waals surface area contributed by atoms with Gasteiger partial charge in [0.15, 0.2) is 5.96 Å². The molecule has 3 amide bonds. The summed E-state index contributed by atoms with van der Waals surface area (Å²) in [6.45, 7) is 8.38. The number of aromatic nitrogens is 1. The average Bonchev–Trinajstić information content (AvgIpc) is 2.94. The second-order valence-electron chi connectivity index (χ2n) is 10.8. The molecule has 0 unspecified atom stereocenters. The minimum atomic E-state index is -1.12. The van der Waals surface area contributed by atoms with E-state index >= 15 is 0 Å². The van der Waals surface area contributed by atoms with E-state index in [1.54, 1.807) is 12.1 Å². The van der Waals surface area contributed by atoms with Crippen LogP contribution in [0.25, 0.3) is 0 Å². The molecule has 2 aromatic rings. The first-order valence-corrected chi connectivity index (χ1v) is 14.1. The van der Waals surface area contributed by atoms with Crippen LogP contribution >= 0.6 is 0 Å². The number of carboxylic acid groups (broad SMARTS) is 1. The number of nitrogens with two attached hydrogens (primary N) is 1. The highest BCUT2D eigenvalue weighted by molar-refractivity contribution is 5.96. The third-order valence-electron chi connectivity index (χ3n) is 6.09. The van der Waals surface area contributed by atoms with Crippen molar-refractivity contribution >= 4 is 29.7 Å². The van der Waals surface area contributed by atoms with E-state index in [-0.39, 0.29) is 48.8 Å². The molecule has 1 aromatic carbocycles. The number of carbonyl (C=O) groups is 4. The number of carboxylic acids is 1. The number of benzene rings is 1. The number of carbonyl (C=O) groups excluding carboxylic acids is 3. The van der Waals surface area contributed by atoms with Crippen LogP contribution in [0.15, 0.2) is 53.5 Å². The maximum absolute atomic E-state index is 13.0. The van der Waals surface area contributed by atoms with Crippen LogP contribution in [0.2, 0.25) is 0 Å². The van der Waals surface area contributed by atoms with E-state index in [4.69, 9.17) is 5.73 Å². The maximum atomic E-state index is 13.0. The summed E-state index contributed by atoms with van der Waals surface area (Å²) >= 11 is 0. The highest BCUT2D eigenvalue weighted by Crippen LogP contribution is 2.10. The summed E-state index contributed by atoms with van der Waals surface area (Å²) in [6, 6.07) is 12.5. The number of amides is 3. The van der Waals surface area contributed by atoms with Gasteiger partial charge in [-0.1, -0.05) is 64.1 Å². The normalized spacial score (nSPS) is 12.9. The van der Waals surface area contributed by atoms with Gasteiger partial charge in [-0.3, -0.25) is 14.4 Å². The number of aliphatic carboxylic acids is 1. The summed E-state index contributed by atoms with van der Waals surface area (Å²) < 4.78 is 0. The standard InChI is InChI=1S/C30H43N7O5/c1-19(2)15-24(28(40)37-25(29(41)42)16-20(3)4)36-27(39)23-12-8-11-22(35-23)18-34-30(31)32-14-13-26(38)33-17-21-9-6-5-7-10-21/h5-12,19-20,24-25H,13-18H2,1-4H3,(H,33,38)(H,36,39)(H,37,40)(H,41,42)(H3,31,32,34)/t24-,25-/m0/s1. The Morgan fingerprint density at radius 3 is 2.19 bits per heavy atom. The lowest BCUT2D eigenvalue weighted by Gasteiger charge is -2.23. The fourth-order valence-electron chi connectivity index (χ4n) is 4.01. The molecule has 0 saturated carbocycles. The number of hydrogen-bond acceptors (Lipinski definition) is 6. The number of guanidine groups is 1. The zero-order valence-corrected chi connectivity index (χ0v) is 24.7. The lowest BCUT2D eigenvalue weighted by Crippen LogP contribution is -2.52. The predicted octanol–water partition coefficient (Wildman–Crippen LogP) is 1.95. The molecule has 0 radical (unpaired) electrons. The average molecular weight is 582 g/mol. The molecule has 0 aliphatic rings. The van der Waals surface area contributed by atoms with Gasteiger partial charge in [0.1, 0.15) is 17.8 Å². The van der Waals surface area contributed by atoms with E-state index in [9.17, 15) is 24.3 Å². The fourth-order valence-corrected chi connectivity index (χ4v) is 4.01. The molecule has 2 atom stereocenters. The Labute approximate surface area is 247 Å². The molecule has 12 nitrogen and oxygen atoms in total. The van der Waals surface area contributed by atoms with E-state index in [1.165, 1.54) is 6.07 Å². The van der Waals surface area contributed by atoms with Crippen LogP contribution < -0.4 is 27.0 Å². The van der Waals surface area contributed by atoms with Crippen LogP contribution in [0.3, 0.4) is 0 Å². The highest BCUT2D eigenvalue weighted by atomic mass is 16.4. The molecular weight excluding hydrogens is 538 g/mol. The predicted molar refractivity (Wildman–Crippen MR) is 160 cm³/mol. The van der Waals surface area contributed by atoms with Gasteiger partial charge in [-0.15, -0.1) is 0 Å². The highest BCUT2D eigenvalue weighted by Gasteiger charge is 2.28. The summed E-state index contributed by atoms with van der Waals surface area (Å²) in [6.07, 6.45) is 0.807. The van der Waals surface area contributed by atoms with E-state index in [2.05, 4.69) is 31.2 Å². The van der Waals surface area contributed by atoms with Crippen LogP contribution in [-0.4, -0.2) is 58.4 Å². The van der Waals surface area contributed by atoms with Gasteiger partial charge in [0.25, 0.3) is 5.91 Å². The van der Waals surface area contributed by atoms with Crippen LogP contribution in [0.1, 0.15) is 68.7 Å². The first kappa shape index (κ1) is 33.7. The Bertz CT molecular complexity index is 1220. The van der Waals surface area contributed by atoms with Gasteiger partial charge in [0.2, 0.25) is 11.8 Å². The largest absolute Gasteiger partial charge is 0.480 e. The molecule has 0 fully saturated rings. The Hall–Kier alpha value is -4.48. The number of nitrogens with one attached hydrogen (secondary N) is 4. The molecule has 42 heavy (non-hydrogen) atoms. The lowest BCUT2D eigenvalue weighted by atomic mass is 10.0. The number of pyridine rings is 1. The molecular formula is C30H43N7O5. The smallest absolute Gasteiger partial charge is 0.326 e. The molecule has 1 heterocycles. The van der Waals surface area contributed by atoms with Crippen molar-refractivity contribution in [2.24, 2.45) is 22.6 Å². The first-order valence-electron chi connectivity index (χ1n) is 14.1. The van der Waals surface area contributed by atoms with Crippen molar-refractivity contribution < 1.29 is 24.3 Å². The van der Waals surface area contributed by atoms with E-state index < -0.39 is 29.9 Å². The van der Waals surface area contributed by atoms with Crippen molar-refractivity contribution in [3.63, 3.8) is 0 Å². The Balaban J connectivity index is 1.91. The Morgan fingerprint density at radius 1 is 0.881 bits per heavy atom. The van der Waals surface area contributed by atoms with Crippen LogP contribution in [-0.2, 0) is 27.5 Å². The molecule has 0 spiro atoms. The summed E-state index contributed by atoms with van der Waals surface area (Å²) in [5.41, 5.74) is 7.49. The van der Waals surface area contributed by atoms with Crippen molar-refractivity contribution in [3.05, 3.63) is 65.5 Å². The third kappa shape index (κ3) is 12.8. The van der Waals surface area contributed by atoms with Crippen LogP contribution in [0.5, 0.6) is 0 Å². The molecule has 1 aromatic heterocycles. The second-order valence-corrected chi connectivity index (χ2v) is 10.8. The summed E-state index contributed by atoms with van der Waals surface area (Å²) in [4.78, 5) is 58.2. The Kier molecular flexibility index (Phi) is 13.9. The minimum absolute atomic E-state index is 0.0628. The topological polar surface area (TPSA) is 188 Å². The summed E-state index contributed by atoms with van der Waals surface area (Å²) in [5.74, 6) is -2.11. The van der Waals surface area contributed by atoms with Crippen molar-refractivity contribution in [3.8, 4) is 0 Å². The number of aliphatic imine (C=N–C) groups is 1. The SMILES string of the molecule is CC(C)C[C@H](NC(=O)[C@H](CC(C)C)NC(=O)c1cccc(CN=C(N)NCCC(=O)NCc2ccccc2)n1)C(=O)O. The van der Waals surface area contributed by atoms with Gasteiger partial charge in [0, 0.05) is 19.5 Å². The molecule has 0 saturated heterocycles. The molecule has 7 N–H and O–H groups in total. The van der Waals surface area contributed by atoms with E-state index in [1.807, 2.05) is 58.0 Å². The molecule has 0 bridgehead atoms. The van der Waals surface area contributed by atoms with Gasteiger partial charge < -0.3 is 32.1 Å². The minimum Gasteiger partial charge on any atom is -0.480 e.